The number of hydrogen-bond acceptors (Lipinski definition) is 2. The number of pyridine rings is 1. The molecule has 0 atom stereocenters. The fraction of sp³-hybridized carbons (Fsp3) is 0.375. The Morgan fingerprint density at radius 1 is 1.38 bits per heavy atom. The molecule has 0 saturated carbocycles. The van der Waals surface area contributed by atoms with Gasteiger partial charge in [-0.15, -0.1) is 0 Å². The van der Waals surface area contributed by atoms with E-state index in [1.54, 1.807) is 6.92 Å². The van der Waals surface area contributed by atoms with Gasteiger partial charge < -0.3 is 4.74 Å². The molecule has 0 radical (unpaired) electrons. The second-order valence-corrected chi connectivity index (χ2v) is 2.32. The van der Waals surface area contributed by atoms with Crippen LogP contribution in [0.25, 0.3) is 0 Å². The molecule has 0 fully saturated rings. The second-order valence-electron chi connectivity index (χ2n) is 2.32. The molecule has 1 aromatic heterocycles. The lowest BCUT2D eigenvalue weighted by molar-refractivity contribution is -0.137. The highest BCUT2D eigenvalue weighted by Crippen LogP contribution is 2.28. The average Bonchev–Trinajstić information content (AvgIpc) is 2.04. The molecule has 0 aliphatic carbocycles. The van der Waals surface area contributed by atoms with Gasteiger partial charge in [0.05, 0.1) is 12.2 Å². The zero-order chi connectivity index (χ0) is 9.90. The van der Waals surface area contributed by atoms with Gasteiger partial charge in [0.1, 0.15) is 0 Å². The fourth-order valence-electron chi connectivity index (χ4n) is 0.781. The molecule has 0 spiro atoms. The third kappa shape index (κ3) is 2.61. The van der Waals surface area contributed by atoms with Crippen LogP contribution in [0.3, 0.4) is 0 Å². The van der Waals surface area contributed by atoms with Crippen molar-refractivity contribution in [3.63, 3.8) is 0 Å². The molecule has 0 unspecified atom stereocenters. The van der Waals surface area contributed by atoms with Gasteiger partial charge in [0.15, 0.2) is 0 Å². The number of halogens is 3. The summed E-state index contributed by atoms with van der Waals surface area (Å²) in [6.07, 6.45) is -3.58. The van der Waals surface area contributed by atoms with Crippen LogP contribution in [-0.2, 0) is 6.18 Å². The summed E-state index contributed by atoms with van der Waals surface area (Å²) in [6, 6.07) is 2.14. The molecule has 1 aromatic rings. The highest BCUT2D eigenvalue weighted by molar-refractivity contribution is 5.19. The van der Waals surface area contributed by atoms with Gasteiger partial charge >= 0.3 is 6.18 Å². The molecule has 0 aliphatic rings. The van der Waals surface area contributed by atoms with Crippen molar-refractivity contribution in [3.05, 3.63) is 23.9 Å². The topological polar surface area (TPSA) is 22.1 Å². The van der Waals surface area contributed by atoms with Gasteiger partial charge in [-0.2, -0.15) is 13.2 Å². The zero-order valence-corrected chi connectivity index (χ0v) is 6.93. The lowest BCUT2D eigenvalue weighted by Gasteiger charge is -2.06. The maximum absolute atomic E-state index is 12.0. The van der Waals surface area contributed by atoms with E-state index in [4.69, 9.17) is 4.74 Å². The Labute approximate surface area is 73.4 Å². The number of ether oxygens (including phenoxy) is 1. The molecule has 0 N–H and O–H groups in total. The summed E-state index contributed by atoms with van der Waals surface area (Å²) in [7, 11) is 0. The summed E-state index contributed by atoms with van der Waals surface area (Å²) in [5.74, 6) is 0.204. The Hall–Kier alpha value is -1.26. The summed E-state index contributed by atoms with van der Waals surface area (Å²) in [4.78, 5) is 3.49. The van der Waals surface area contributed by atoms with Crippen molar-refractivity contribution >= 4 is 0 Å². The van der Waals surface area contributed by atoms with Crippen LogP contribution in [0, 0.1) is 0 Å². The van der Waals surface area contributed by atoms with E-state index in [1.165, 1.54) is 6.07 Å². The van der Waals surface area contributed by atoms with Crippen LogP contribution in [0.4, 0.5) is 13.2 Å². The van der Waals surface area contributed by atoms with Crippen LogP contribution < -0.4 is 4.74 Å². The van der Waals surface area contributed by atoms with Crippen molar-refractivity contribution in [2.75, 3.05) is 6.61 Å². The molecule has 0 saturated heterocycles. The number of rotatable bonds is 2. The summed E-state index contributed by atoms with van der Waals surface area (Å²) in [5.41, 5.74) is -0.768. The first-order chi connectivity index (χ1) is 6.04. The first kappa shape index (κ1) is 9.83. The van der Waals surface area contributed by atoms with Gasteiger partial charge in [-0.1, -0.05) is 0 Å². The lowest BCUT2D eigenvalue weighted by atomic mass is 10.3. The highest BCUT2D eigenvalue weighted by atomic mass is 19.4. The van der Waals surface area contributed by atoms with E-state index in [0.717, 1.165) is 12.3 Å². The largest absolute Gasteiger partial charge is 0.478 e. The Kier molecular flexibility index (Phi) is 2.75. The van der Waals surface area contributed by atoms with Crippen molar-refractivity contribution in [3.8, 4) is 5.88 Å². The van der Waals surface area contributed by atoms with E-state index in [9.17, 15) is 13.2 Å². The Morgan fingerprint density at radius 3 is 2.46 bits per heavy atom. The maximum Gasteiger partial charge on any atom is 0.417 e. The van der Waals surface area contributed by atoms with Crippen LogP contribution >= 0.6 is 0 Å². The van der Waals surface area contributed by atoms with Gasteiger partial charge in [0.25, 0.3) is 0 Å². The summed E-state index contributed by atoms with van der Waals surface area (Å²) in [6.45, 7) is 2.12. The predicted octanol–water partition coefficient (Wildman–Crippen LogP) is 2.50. The van der Waals surface area contributed by atoms with E-state index >= 15 is 0 Å². The molecule has 72 valence electrons. The highest BCUT2D eigenvalue weighted by Gasteiger charge is 2.30. The fourth-order valence-corrected chi connectivity index (χ4v) is 0.781. The molecule has 13 heavy (non-hydrogen) atoms. The molecule has 1 rings (SSSR count). The minimum absolute atomic E-state index is 0.204. The first-order valence-corrected chi connectivity index (χ1v) is 3.70. The standard InChI is InChI=1S/C8H8F3NO/c1-2-13-7-4-3-6(5-12-7)8(9,10)11/h3-5H,2H2,1H3. The summed E-state index contributed by atoms with van der Waals surface area (Å²) >= 11 is 0. The third-order valence-corrected chi connectivity index (χ3v) is 1.36. The van der Waals surface area contributed by atoms with Gasteiger partial charge in [0.2, 0.25) is 5.88 Å². The third-order valence-electron chi connectivity index (χ3n) is 1.36. The lowest BCUT2D eigenvalue weighted by Crippen LogP contribution is -2.05. The van der Waals surface area contributed by atoms with Crippen LogP contribution in [0.1, 0.15) is 12.5 Å². The van der Waals surface area contributed by atoms with E-state index in [1.807, 2.05) is 0 Å². The van der Waals surface area contributed by atoms with E-state index < -0.39 is 11.7 Å². The molecule has 0 aromatic carbocycles. The zero-order valence-electron chi connectivity index (χ0n) is 6.93. The van der Waals surface area contributed by atoms with Gasteiger partial charge in [-0.25, -0.2) is 4.98 Å². The molecular formula is C8H8F3NO. The Morgan fingerprint density at radius 2 is 2.08 bits per heavy atom. The Balaban J connectivity index is 2.81. The van der Waals surface area contributed by atoms with E-state index in [0.29, 0.717) is 6.61 Å². The van der Waals surface area contributed by atoms with Gasteiger partial charge in [-0.05, 0) is 13.0 Å². The van der Waals surface area contributed by atoms with Crippen LogP contribution in [0.15, 0.2) is 18.3 Å². The minimum Gasteiger partial charge on any atom is -0.478 e. The average molecular weight is 191 g/mol. The van der Waals surface area contributed by atoms with E-state index in [-0.39, 0.29) is 5.88 Å². The summed E-state index contributed by atoms with van der Waals surface area (Å²) in [5, 5.41) is 0. The predicted molar refractivity (Wildman–Crippen MR) is 40.4 cm³/mol. The second kappa shape index (κ2) is 3.64. The molecule has 0 aliphatic heterocycles. The minimum atomic E-state index is -4.34. The van der Waals surface area contributed by atoms with E-state index in [2.05, 4.69) is 4.98 Å². The number of alkyl halides is 3. The van der Waals surface area contributed by atoms with Crippen molar-refractivity contribution in [2.24, 2.45) is 0 Å². The first-order valence-electron chi connectivity index (χ1n) is 3.70. The molecular weight excluding hydrogens is 183 g/mol. The van der Waals surface area contributed by atoms with Crippen LogP contribution in [0.5, 0.6) is 5.88 Å². The van der Waals surface area contributed by atoms with Crippen molar-refractivity contribution in [2.45, 2.75) is 13.1 Å². The number of aromatic nitrogens is 1. The molecule has 0 amide bonds. The number of nitrogens with zero attached hydrogens (tertiary/aromatic N) is 1. The van der Waals surface area contributed by atoms with Crippen molar-refractivity contribution in [1.82, 2.24) is 4.98 Å². The molecule has 5 heteroatoms. The SMILES string of the molecule is CCOc1ccc(C(F)(F)F)cn1. The smallest absolute Gasteiger partial charge is 0.417 e. The monoisotopic (exact) mass is 191 g/mol. The van der Waals surface area contributed by atoms with Crippen molar-refractivity contribution < 1.29 is 17.9 Å². The van der Waals surface area contributed by atoms with Gasteiger partial charge in [-0.3, -0.25) is 0 Å². The Bertz CT molecular complexity index is 268. The van der Waals surface area contributed by atoms with Crippen molar-refractivity contribution in [1.29, 1.82) is 0 Å². The van der Waals surface area contributed by atoms with Crippen LogP contribution in [0.2, 0.25) is 0 Å². The quantitative estimate of drug-likeness (QED) is 0.716. The molecule has 0 bridgehead atoms. The summed E-state index contributed by atoms with van der Waals surface area (Å²) < 4.78 is 41.0. The van der Waals surface area contributed by atoms with Crippen LogP contribution in [-0.4, -0.2) is 11.6 Å². The maximum atomic E-state index is 12.0. The normalized spacial score (nSPS) is 11.4. The number of hydrogen-bond donors (Lipinski definition) is 0. The molecule has 1 heterocycles. The molecule has 2 nitrogen and oxygen atoms in total. The van der Waals surface area contributed by atoms with Gasteiger partial charge in [0, 0.05) is 12.3 Å².